The third-order valence-corrected chi connectivity index (χ3v) is 2.48. The van der Waals surface area contributed by atoms with E-state index in [1.807, 2.05) is 0 Å². The molecule has 0 aromatic carbocycles. The van der Waals surface area contributed by atoms with Gasteiger partial charge in [0.05, 0.1) is 12.1 Å². The molecule has 0 atom stereocenters. The Morgan fingerprint density at radius 1 is 1.54 bits per heavy atom. The molecule has 0 aliphatic heterocycles. The number of rotatable bonds is 3. The number of hydrogen-bond donors (Lipinski definition) is 2. The fourth-order valence-electron chi connectivity index (χ4n) is 1.43. The van der Waals surface area contributed by atoms with Crippen LogP contribution in [0.1, 0.15) is 31.0 Å². The molecular formula is C8H13N3O2. The molecule has 0 spiro atoms. The standard InChI is InChI=1S/C8H13N3O2/c9-8(3-1-4-8)7-10-6(2-5-12)11-13-7/h12H,1-5,9H2. The molecule has 1 fully saturated rings. The van der Waals surface area contributed by atoms with E-state index in [0.29, 0.717) is 18.1 Å². The van der Waals surface area contributed by atoms with Crippen LogP contribution in [0.2, 0.25) is 0 Å². The van der Waals surface area contributed by atoms with Crippen LogP contribution < -0.4 is 5.73 Å². The first-order valence-electron chi connectivity index (χ1n) is 4.47. The molecule has 1 aliphatic rings. The summed E-state index contributed by atoms with van der Waals surface area (Å²) in [6.45, 7) is 0.0382. The number of hydrogen-bond acceptors (Lipinski definition) is 5. The molecular weight excluding hydrogens is 170 g/mol. The summed E-state index contributed by atoms with van der Waals surface area (Å²) in [7, 11) is 0. The summed E-state index contributed by atoms with van der Waals surface area (Å²) in [6, 6.07) is 0. The summed E-state index contributed by atoms with van der Waals surface area (Å²) in [6.07, 6.45) is 3.37. The second-order valence-electron chi connectivity index (χ2n) is 3.50. The molecule has 5 nitrogen and oxygen atoms in total. The topological polar surface area (TPSA) is 85.2 Å². The van der Waals surface area contributed by atoms with Crippen LogP contribution in [-0.4, -0.2) is 21.9 Å². The van der Waals surface area contributed by atoms with Gasteiger partial charge in [0.15, 0.2) is 5.82 Å². The van der Waals surface area contributed by atoms with Crippen molar-refractivity contribution < 1.29 is 9.63 Å². The fourth-order valence-corrected chi connectivity index (χ4v) is 1.43. The molecule has 1 aromatic rings. The van der Waals surface area contributed by atoms with Gasteiger partial charge >= 0.3 is 0 Å². The van der Waals surface area contributed by atoms with E-state index in [4.69, 9.17) is 15.4 Å². The van der Waals surface area contributed by atoms with Crippen LogP contribution in [0.15, 0.2) is 4.52 Å². The Balaban J connectivity index is 2.12. The minimum Gasteiger partial charge on any atom is -0.396 e. The van der Waals surface area contributed by atoms with Crippen molar-refractivity contribution in [2.75, 3.05) is 6.61 Å². The number of aliphatic hydroxyl groups is 1. The van der Waals surface area contributed by atoms with Crippen molar-refractivity contribution in [3.63, 3.8) is 0 Å². The fraction of sp³-hybridized carbons (Fsp3) is 0.750. The summed E-state index contributed by atoms with van der Waals surface area (Å²) in [5.41, 5.74) is 5.59. The number of aromatic nitrogens is 2. The van der Waals surface area contributed by atoms with Gasteiger partial charge in [-0.3, -0.25) is 0 Å². The zero-order valence-electron chi connectivity index (χ0n) is 7.36. The highest BCUT2D eigenvalue weighted by Crippen LogP contribution is 2.37. The molecule has 0 amide bonds. The summed E-state index contributed by atoms with van der Waals surface area (Å²) in [5.74, 6) is 1.05. The molecule has 1 heterocycles. The molecule has 1 aliphatic carbocycles. The lowest BCUT2D eigenvalue weighted by molar-refractivity contribution is 0.181. The molecule has 5 heteroatoms. The zero-order chi connectivity index (χ0) is 9.31. The van der Waals surface area contributed by atoms with Crippen LogP contribution >= 0.6 is 0 Å². The van der Waals surface area contributed by atoms with E-state index in [0.717, 1.165) is 19.3 Å². The highest BCUT2D eigenvalue weighted by Gasteiger charge is 2.39. The largest absolute Gasteiger partial charge is 0.396 e. The maximum atomic E-state index is 8.65. The van der Waals surface area contributed by atoms with Gasteiger partial charge in [-0.15, -0.1) is 0 Å². The minimum absolute atomic E-state index is 0.0382. The van der Waals surface area contributed by atoms with E-state index < -0.39 is 0 Å². The van der Waals surface area contributed by atoms with Gasteiger partial charge in [-0.25, -0.2) is 0 Å². The number of nitrogens with zero attached hydrogens (tertiary/aromatic N) is 2. The second kappa shape index (κ2) is 3.08. The third kappa shape index (κ3) is 1.45. The predicted molar refractivity (Wildman–Crippen MR) is 44.8 cm³/mol. The lowest BCUT2D eigenvalue weighted by atomic mass is 9.78. The van der Waals surface area contributed by atoms with Crippen LogP contribution in [0, 0.1) is 0 Å². The first-order valence-corrected chi connectivity index (χ1v) is 4.47. The van der Waals surface area contributed by atoms with Crippen molar-refractivity contribution in [1.82, 2.24) is 10.1 Å². The molecule has 1 aromatic heterocycles. The van der Waals surface area contributed by atoms with Gasteiger partial charge in [0, 0.05) is 6.42 Å². The lowest BCUT2D eigenvalue weighted by Crippen LogP contribution is -2.43. The summed E-state index contributed by atoms with van der Waals surface area (Å²) < 4.78 is 5.03. The molecule has 0 bridgehead atoms. The molecule has 0 radical (unpaired) electrons. The van der Waals surface area contributed by atoms with Crippen molar-refractivity contribution >= 4 is 0 Å². The van der Waals surface area contributed by atoms with Crippen LogP contribution in [0.4, 0.5) is 0 Å². The van der Waals surface area contributed by atoms with E-state index in [9.17, 15) is 0 Å². The Morgan fingerprint density at radius 3 is 2.85 bits per heavy atom. The van der Waals surface area contributed by atoms with Crippen molar-refractivity contribution in [1.29, 1.82) is 0 Å². The van der Waals surface area contributed by atoms with Crippen LogP contribution in [0.25, 0.3) is 0 Å². The van der Waals surface area contributed by atoms with E-state index in [-0.39, 0.29) is 12.1 Å². The van der Waals surface area contributed by atoms with Gasteiger partial charge < -0.3 is 15.4 Å². The van der Waals surface area contributed by atoms with Crippen LogP contribution in [-0.2, 0) is 12.0 Å². The summed E-state index contributed by atoms with van der Waals surface area (Å²) in [4.78, 5) is 4.13. The number of aliphatic hydroxyl groups excluding tert-OH is 1. The Labute approximate surface area is 75.9 Å². The van der Waals surface area contributed by atoms with E-state index in [2.05, 4.69) is 10.1 Å². The average molecular weight is 183 g/mol. The maximum absolute atomic E-state index is 8.65. The summed E-state index contributed by atoms with van der Waals surface area (Å²) >= 11 is 0. The van der Waals surface area contributed by atoms with Gasteiger partial charge in [0.2, 0.25) is 5.89 Å². The first kappa shape index (κ1) is 8.65. The molecule has 2 rings (SSSR count). The zero-order valence-corrected chi connectivity index (χ0v) is 7.36. The lowest BCUT2D eigenvalue weighted by Gasteiger charge is -2.33. The number of nitrogens with two attached hydrogens (primary N) is 1. The average Bonchev–Trinajstić information content (AvgIpc) is 2.50. The van der Waals surface area contributed by atoms with Gasteiger partial charge in [0.1, 0.15) is 0 Å². The van der Waals surface area contributed by atoms with Gasteiger partial charge in [0.25, 0.3) is 0 Å². The minimum atomic E-state index is -0.388. The maximum Gasteiger partial charge on any atom is 0.246 e. The third-order valence-electron chi connectivity index (χ3n) is 2.48. The molecule has 3 N–H and O–H groups in total. The molecule has 0 saturated heterocycles. The molecule has 0 unspecified atom stereocenters. The van der Waals surface area contributed by atoms with Crippen molar-refractivity contribution in [3.05, 3.63) is 11.7 Å². The molecule has 72 valence electrons. The van der Waals surface area contributed by atoms with Gasteiger partial charge in [-0.05, 0) is 19.3 Å². The SMILES string of the molecule is NC1(c2nc(CCO)no2)CCC1. The van der Waals surface area contributed by atoms with Crippen molar-refractivity contribution in [3.8, 4) is 0 Å². The summed E-state index contributed by atoms with van der Waals surface area (Å²) in [5, 5.41) is 12.4. The predicted octanol–water partition coefficient (Wildman–Crippen LogP) is -0.0577. The van der Waals surface area contributed by atoms with Gasteiger partial charge in [-0.2, -0.15) is 4.98 Å². The quantitative estimate of drug-likeness (QED) is 0.685. The van der Waals surface area contributed by atoms with Crippen LogP contribution in [0.5, 0.6) is 0 Å². The monoisotopic (exact) mass is 183 g/mol. The Kier molecular flexibility index (Phi) is 2.05. The highest BCUT2D eigenvalue weighted by molar-refractivity contribution is 5.06. The van der Waals surface area contributed by atoms with E-state index in [1.54, 1.807) is 0 Å². The van der Waals surface area contributed by atoms with Crippen LogP contribution in [0.3, 0.4) is 0 Å². The first-order chi connectivity index (χ1) is 6.24. The van der Waals surface area contributed by atoms with Gasteiger partial charge in [-0.1, -0.05) is 5.16 Å². The Bertz CT molecular complexity index is 293. The second-order valence-corrected chi connectivity index (χ2v) is 3.50. The Hall–Kier alpha value is -0.940. The molecule has 1 saturated carbocycles. The van der Waals surface area contributed by atoms with E-state index >= 15 is 0 Å². The molecule has 13 heavy (non-hydrogen) atoms. The van der Waals surface area contributed by atoms with Crippen molar-refractivity contribution in [2.24, 2.45) is 5.73 Å². The highest BCUT2D eigenvalue weighted by atomic mass is 16.5. The normalized spacial score (nSPS) is 19.8. The smallest absolute Gasteiger partial charge is 0.246 e. The van der Waals surface area contributed by atoms with Crippen molar-refractivity contribution in [2.45, 2.75) is 31.2 Å². The Morgan fingerprint density at radius 2 is 2.31 bits per heavy atom. The van der Waals surface area contributed by atoms with E-state index in [1.165, 1.54) is 0 Å².